The van der Waals surface area contributed by atoms with E-state index in [4.69, 9.17) is 10.5 Å². The Morgan fingerprint density at radius 2 is 2.11 bits per heavy atom. The molecule has 0 saturated carbocycles. The Balaban J connectivity index is 2.79. The van der Waals surface area contributed by atoms with Crippen LogP contribution < -0.4 is 5.73 Å². The van der Waals surface area contributed by atoms with E-state index >= 15 is 0 Å². The average molecular weight is 246 g/mol. The van der Waals surface area contributed by atoms with Gasteiger partial charge in [-0.1, -0.05) is 6.07 Å². The van der Waals surface area contributed by atoms with Crippen LogP contribution >= 0.6 is 0 Å². The Labute approximate surface area is 106 Å². The molecule has 0 bridgehead atoms. The van der Waals surface area contributed by atoms with E-state index in [0.717, 1.165) is 22.2 Å². The lowest BCUT2D eigenvalue weighted by atomic mass is 10.0. The Bertz CT molecular complexity index is 612. The fraction of sp³-hybridized carbons (Fsp3) is 0.357. The first kappa shape index (κ1) is 12.6. The molecule has 0 aliphatic rings. The molecule has 0 radical (unpaired) electrons. The van der Waals surface area contributed by atoms with Gasteiger partial charge in [0.15, 0.2) is 0 Å². The number of carbonyl (C=O) groups is 1. The fourth-order valence-corrected chi connectivity index (χ4v) is 2.23. The van der Waals surface area contributed by atoms with Crippen LogP contribution in [0.5, 0.6) is 0 Å². The number of aromatic nitrogens is 1. The second kappa shape index (κ2) is 4.46. The lowest BCUT2D eigenvalue weighted by Gasteiger charge is -2.06. The van der Waals surface area contributed by atoms with E-state index in [-0.39, 0.29) is 12.0 Å². The van der Waals surface area contributed by atoms with Gasteiger partial charge in [0.25, 0.3) is 0 Å². The average Bonchev–Trinajstić information content (AvgIpc) is 2.61. The van der Waals surface area contributed by atoms with Crippen molar-refractivity contribution in [2.24, 2.45) is 12.8 Å². The highest BCUT2D eigenvalue weighted by atomic mass is 16.5. The van der Waals surface area contributed by atoms with Crippen molar-refractivity contribution in [3.8, 4) is 0 Å². The van der Waals surface area contributed by atoms with Gasteiger partial charge in [0, 0.05) is 29.7 Å². The number of rotatable bonds is 2. The smallest absolute Gasteiger partial charge is 0.340 e. The summed E-state index contributed by atoms with van der Waals surface area (Å²) >= 11 is 0. The minimum Gasteiger partial charge on any atom is -0.465 e. The SMILES string of the molecule is COC(=O)c1c(C)n(C)c2ccc(C(C)N)cc12. The summed E-state index contributed by atoms with van der Waals surface area (Å²) in [5, 5.41) is 0.900. The molecular formula is C14H18N2O2. The second-order valence-corrected chi connectivity index (χ2v) is 4.58. The first-order chi connectivity index (χ1) is 8.47. The maximum atomic E-state index is 11.9. The molecule has 1 aromatic heterocycles. The zero-order valence-corrected chi connectivity index (χ0v) is 11.2. The van der Waals surface area contributed by atoms with Crippen LogP contribution in [0.4, 0.5) is 0 Å². The van der Waals surface area contributed by atoms with Gasteiger partial charge in [-0.05, 0) is 31.5 Å². The molecule has 2 rings (SSSR count). The standard InChI is InChI=1S/C14H18N2O2/c1-8(15)10-5-6-12-11(7-10)13(14(17)18-4)9(2)16(12)3/h5-8H,15H2,1-4H3. The third kappa shape index (κ3) is 1.78. The van der Waals surface area contributed by atoms with Gasteiger partial charge in [0.05, 0.1) is 12.7 Å². The minimum absolute atomic E-state index is 0.0552. The largest absolute Gasteiger partial charge is 0.465 e. The van der Waals surface area contributed by atoms with Gasteiger partial charge in [0.2, 0.25) is 0 Å². The zero-order valence-electron chi connectivity index (χ0n) is 11.2. The number of hydrogen-bond acceptors (Lipinski definition) is 3. The normalized spacial score (nSPS) is 12.7. The second-order valence-electron chi connectivity index (χ2n) is 4.58. The van der Waals surface area contributed by atoms with Gasteiger partial charge in [-0.2, -0.15) is 0 Å². The van der Waals surface area contributed by atoms with Crippen molar-refractivity contribution in [3.05, 3.63) is 35.0 Å². The van der Waals surface area contributed by atoms with Gasteiger partial charge < -0.3 is 15.0 Å². The number of fused-ring (bicyclic) bond motifs is 1. The van der Waals surface area contributed by atoms with E-state index in [0.29, 0.717) is 5.56 Å². The summed E-state index contributed by atoms with van der Waals surface area (Å²) in [6.45, 7) is 3.84. The van der Waals surface area contributed by atoms with Gasteiger partial charge in [-0.3, -0.25) is 0 Å². The lowest BCUT2D eigenvalue weighted by molar-refractivity contribution is 0.0602. The van der Waals surface area contributed by atoms with E-state index < -0.39 is 0 Å². The van der Waals surface area contributed by atoms with Crippen LogP contribution in [-0.2, 0) is 11.8 Å². The van der Waals surface area contributed by atoms with Crippen LogP contribution in [0.2, 0.25) is 0 Å². The van der Waals surface area contributed by atoms with Gasteiger partial charge in [-0.25, -0.2) is 4.79 Å². The molecule has 0 aliphatic heterocycles. The molecule has 18 heavy (non-hydrogen) atoms. The first-order valence-electron chi connectivity index (χ1n) is 5.90. The molecule has 0 fully saturated rings. The Morgan fingerprint density at radius 1 is 1.44 bits per heavy atom. The topological polar surface area (TPSA) is 57.2 Å². The van der Waals surface area contributed by atoms with Crippen LogP contribution in [0.3, 0.4) is 0 Å². The van der Waals surface area contributed by atoms with E-state index in [1.165, 1.54) is 7.11 Å². The Hall–Kier alpha value is -1.81. The molecule has 1 atom stereocenters. The predicted octanol–water partition coefficient (Wildman–Crippen LogP) is 2.29. The number of methoxy groups -OCH3 is 1. The van der Waals surface area contributed by atoms with Crippen molar-refractivity contribution in [1.29, 1.82) is 0 Å². The quantitative estimate of drug-likeness (QED) is 0.827. The van der Waals surface area contributed by atoms with E-state index in [1.54, 1.807) is 0 Å². The number of benzene rings is 1. The van der Waals surface area contributed by atoms with Crippen LogP contribution in [0, 0.1) is 6.92 Å². The summed E-state index contributed by atoms with van der Waals surface area (Å²) in [6.07, 6.45) is 0. The monoisotopic (exact) mass is 246 g/mol. The molecule has 1 heterocycles. The highest BCUT2D eigenvalue weighted by Gasteiger charge is 2.19. The highest BCUT2D eigenvalue weighted by molar-refractivity contribution is 6.06. The lowest BCUT2D eigenvalue weighted by Crippen LogP contribution is -2.05. The van der Waals surface area contributed by atoms with Gasteiger partial charge in [0.1, 0.15) is 0 Å². The number of hydrogen-bond donors (Lipinski definition) is 1. The zero-order chi connectivity index (χ0) is 13.4. The summed E-state index contributed by atoms with van der Waals surface area (Å²) in [4.78, 5) is 11.9. The van der Waals surface area contributed by atoms with E-state index in [2.05, 4.69) is 0 Å². The number of esters is 1. The van der Waals surface area contributed by atoms with Crippen molar-refractivity contribution >= 4 is 16.9 Å². The van der Waals surface area contributed by atoms with Gasteiger partial charge in [-0.15, -0.1) is 0 Å². The summed E-state index contributed by atoms with van der Waals surface area (Å²) < 4.78 is 6.85. The molecule has 96 valence electrons. The first-order valence-corrected chi connectivity index (χ1v) is 5.90. The van der Waals surface area contributed by atoms with Crippen LogP contribution in [0.25, 0.3) is 10.9 Å². The molecule has 4 heteroatoms. The number of nitrogens with two attached hydrogens (primary N) is 1. The summed E-state index contributed by atoms with van der Waals surface area (Å²) in [6, 6.07) is 5.90. The van der Waals surface area contributed by atoms with E-state index in [9.17, 15) is 4.79 Å². The highest BCUT2D eigenvalue weighted by Crippen LogP contribution is 2.28. The van der Waals surface area contributed by atoms with Crippen LogP contribution in [-0.4, -0.2) is 17.6 Å². The maximum absolute atomic E-state index is 11.9. The fourth-order valence-electron chi connectivity index (χ4n) is 2.23. The summed E-state index contributed by atoms with van der Waals surface area (Å²) in [5.74, 6) is -0.306. The van der Waals surface area contributed by atoms with Crippen LogP contribution in [0.1, 0.15) is 34.6 Å². The molecule has 0 amide bonds. The third-order valence-electron chi connectivity index (χ3n) is 3.43. The molecule has 0 saturated heterocycles. The van der Waals surface area contributed by atoms with Crippen LogP contribution in [0.15, 0.2) is 18.2 Å². The number of aryl methyl sites for hydroxylation is 1. The van der Waals surface area contributed by atoms with Crippen molar-refractivity contribution < 1.29 is 9.53 Å². The Kier molecular flexibility index (Phi) is 3.13. The van der Waals surface area contributed by atoms with Crippen molar-refractivity contribution in [2.45, 2.75) is 19.9 Å². The summed E-state index contributed by atoms with van der Waals surface area (Å²) in [5.41, 5.74) is 9.43. The molecule has 1 aromatic carbocycles. The molecule has 0 aliphatic carbocycles. The number of nitrogens with zero attached hydrogens (tertiary/aromatic N) is 1. The Morgan fingerprint density at radius 3 is 2.67 bits per heavy atom. The van der Waals surface area contributed by atoms with Crippen molar-refractivity contribution in [1.82, 2.24) is 4.57 Å². The number of ether oxygens (including phenoxy) is 1. The molecule has 1 unspecified atom stereocenters. The van der Waals surface area contributed by atoms with Crippen molar-refractivity contribution in [3.63, 3.8) is 0 Å². The molecule has 2 aromatic rings. The van der Waals surface area contributed by atoms with Gasteiger partial charge >= 0.3 is 5.97 Å². The molecule has 2 N–H and O–H groups in total. The molecular weight excluding hydrogens is 228 g/mol. The maximum Gasteiger partial charge on any atom is 0.340 e. The minimum atomic E-state index is -0.306. The molecule has 0 spiro atoms. The third-order valence-corrected chi connectivity index (χ3v) is 3.43. The summed E-state index contributed by atoms with van der Waals surface area (Å²) in [7, 11) is 3.34. The predicted molar refractivity (Wildman–Crippen MR) is 71.6 cm³/mol. The molecule has 4 nitrogen and oxygen atoms in total. The van der Waals surface area contributed by atoms with Crippen molar-refractivity contribution in [2.75, 3.05) is 7.11 Å². The number of carbonyl (C=O) groups excluding carboxylic acids is 1. The van der Waals surface area contributed by atoms with E-state index in [1.807, 2.05) is 43.7 Å².